The Morgan fingerprint density at radius 3 is 2.72 bits per heavy atom. The highest BCUT2D eigenvalue weighted by Crippen LogP contribution is 2.39. The first kappa shape index (κ1) is 19.4. The van der Waals surface area contributed by atoms with E-state index in [4.69, 9.17) is 14.2 Å². The number of hydrogen-bond donors (Lipinski definition) is 1. The topological polar surface area (TPSA) is 90.9 Å². The summed E-state index contributed by atoms with van der Waals surface area (Å²) in [5.41, 5.74) is 1.38. The molecule has 2 rings (SSSR count). The van der Waals surface area contributed by atoms with E-state index in [1.165, 1.54) is 18.4 Å². The standard InChI is InChI=1S/C17H23NO6S/c1-4-23-9-14(20)24-8-13(19)18-16-15(17(21)22-3)11-6-5-10(2)7-12(11)25-16/h10H,4-9H2,1-3H3,(H,18,19)/t10-/m1/s1. The van der Waals surface area contributed by atoms with Crippen molar-refractivity contribution >= 4 is 34.2 Å². The monoisotopic (exact) mass is 369 g/mol. The normalized spacial score (nSPS) is 16.0. The summed E-state index contributed by atoms with van der Waals surface area (Å²) in [4.78, 5) is 36.7. The zero-order valence-electron chi connectivity index (χ0n) is 14.7. The fourth-order valence-corrected chi connectivity index (χ4v) is 4.11. The molecule has 25 heavy (non-hydrogen) atoms. The van der Waals surface area contributed by atoms with Gasteiger partial charge in [-0.3, -0.25) is 4.79 Å². The van der Waals surface area contributed by atoms with Gasteiger partial charge in [-0.15, -0.1) is 11.3 Å². The van der Waals surface area contributed by atoms with Crippen molar-refractivity contribution < 1.29 is 28.6 Å². The highest BCUT2D eigenvalue weighted by molar-refractivity contribution is 7.17. The van der Waals surface area contributed by atoms with Gasteiger partial charge < -0.3 is 19.5 Å². The Hall–Kier alpha value is -1.93. The Labute approximate surface area is 150 Å². The molecule has 8 heteroatoms. The lowest BCUT2D eigenvalue weighted by atomic mass is 9.88. The maximum absolute atomic E-state index is 12.1. The summed E-state index contributed by atoms with van der Waals surface area (Å²) >= 11 is 1.39. The molecule has 1 aliphatic carbocycles. The maximum atomic E-state index is 12.1. The Morgan fingerprint density at radius 2 is 2.04 bits per heavy atom. The summed E-state index contributed by atoms with van der Waals surface area (Å²) in [5, 5.41) is 3.13. The zero-order chi connectivity index (χ0) is 18.4. The largest absolute Gasteiger partial charge is 0.465 e. The van der Waals surface area contributed by atoms with E-state index in [9.17, 15) is 14.4 Å². The van der Waals surface area contributed by atoms with E-state index in [1.807, 2.05) is 0 Å². The summed E-state index contributed by atoms with van der Waals surface area (Å²) < 4.78 is 14.6. The zero-order valence-corrected chi connectivity index (χ0v) is 15.5. The molecule has 1 N–H and O–H groups in total. The van der Waals surface area contributed by atoms with Gasteiger partial charge in [0.1, 0.15) is 11.6 Å². The minimum atomic E-state index is -0.607. The molecule has 0 saturated carbocycles. The molecule has 0 fully saturated rings. The Morgan fingerprint density at radius 1 is 1.28 bits per heavy atom. The molecule has 1 aromatic heterocycles. The molecule has 0 unspecified atom stereocenters. The molecule has 1 atom stereocenters. The van der Waals surface area contributed by atoms with Crippen LogP contribution in [0, 0.1) is 5.92 Å². The summed E-state index contributed by atoms with van der Waals surface area (Å²) in [7, 11) is 1.32. The van der Waals surface area contributed by atoms with Crippen LogP contribution in [-0.2, 0) is 36.6 Å². The number of methoxy groups -OCH3 is 1. The van der Waals surface area contributed by atoms with E-state index in [0.29, 0.717) is 23.1 Å². The van der Waals surface area contributed by atoms with E-state index >= 15 is 0 Å². The van der Waals surface area contributed by atoms with E-state index in [2.05, 4.69) is 12.2 Å². The van der Waals surface area contributed by atoms with Gasteiger partial charge in [0.05, 0.1) is 12.7 Å². The number of rotatable bonds is 7. The molecule has 138 valence electrons. The lowest BCUT2D eigenvalue weighted by Gasteiger charge is -2.18. The van der Waals surface area contributed by atoms with E-state index < -0.39 is 24.5 Å². The fraction of sp³-hybridized carbons (Fsp3) is 0.588. The van der Waals surface area contributed by atoms with E-state index in [1.54, 1.807) is 6.92 Å². The third-order valence-corrected chi connectivity index (χ3v) is 5.11. The van der Waals surface area contributed by atoms with Crippen LogP contribution in [0.15, 0.2) is 0 Å². The molecule has 0 saturated heterocycles. The lowest BCUT2D eigenvalue weighted by molar-refractivity contribution is -0.151. The first-order chi connectivity index (χ1) is 12.0. The molecular formula is C17H23NO6S. The highest BCUT2D eigenvalue weighted by atomic mass is 32.1. The second kappa shape index (κ2) is 8.96. The quantitative estimate of drug-likeness (QED) is 0.741. The second-order valence-electron chi connectivity index (χ2n) is 5.89. The third kappa shape index (κ3) is 5.02. The SMILES string of the molecule is CCOCC(=O)OCC(=O)Nc1sc2c(c1C(=O)OC)CC[C@@H](C)C2. The van der Waals surface area contributed by atoms with Crippen molar-refractivity contribution in [2.75, 3.05) is 32.2 Å². The predicted octanol–water partition coefficient (Wildman–Crippen LogP) is 2.18. The van der Waals surface area contributed by atoms with Crippen molar-refractivity contribution in [3.63, 3.8) is 0 Å². The number of carbonyl (C=O) groups excluding carboxylic acids is 3. The lowest BCUT2D eigenvalue weighted by Crippen LogP contribution is -2.23. The number of ether oxygens (including phenoxy) is 3. The fourth-order valence-electron chi connectivity index (χ4n) is 2.69. The van der Waals surface area contributed by atoms with Crippen LogP contribution in [0.25, 0.3) is 0 Å². The van der Waals surface area contributed by atoms with Crippen LogP contribution in [0.2, 0.25) is 0 Å². The molecule has 1 heterocycles. The molecule has 1 amide bonds. The van der Waals surface area contributed by atoms with Crippen LogP contribution in [0.5, 0.6) is 0 Å². The van der Waals surface area contributed by atoms with Crippen LogP contribution in [0.4, 0.5) is 5.00 Å². The van der Waals surface area contributed by atoms with E-state index in [-0.39, 0.29) is 6.61 Å². The number of esters is 2. The van der Waals surface area contributed by atoms with Gasteiger partial charge in [0.2, 0.25) is 0 Å². The first-order valence-corrected chi connectivity index (χ1v) is 9.03. The van der Waals surface area contributed by atoms with Gasteiger partial charge in [-0.2, -0.15) is 0 Å². The highest BCUT2D eigenvalue weighted by Gasteiger charge is 2.28. The van der Waals surface area contributed by atoms with Gasteiger partial charge in [-0.25, -0.2) is 9.59 Å². The number of hydrogen-bond acceptors (Lipinski definition) is 7. The number of amides is 1. The maximum Gasteiger partial charge on any atom is 0.341 e. The number of fused-ring (bicyclic) bond motifs is 1. The van der Waals surface area contributed by atoms with Crippen molar-refractivity contribution in [3.05, 3.63) is 16.0 Å². The van der Waals surface area contributed by atoms with Gasteiger partial charge in [0.15, 0.2) is 6.61 Å². The molecule has 0 aromatic carbocycles. The summed E-state index contributed by atoms with van der Waals surface area (Å²) in [5.74, 6) is -1.03. The van der Waals surface area contributed by atoms with Crippen LogP contribution < -0.4 is 5.32 Å². The van der Waals surface area contributed by atoms with Crippen molar-refractivity contribution in [1.82, 2.24) is 0 Å². The Kier molecular flexibility index (Phi) is 6.95. The summed E-state index contributed by atoms with van der Waals surface area (Å²) in [6.07, 6.45) is 2.66. The van der Waals surface area contributed by atoms with Crippen LogP contribution in [-0.4, -0.2) is 44.8 Å². The predicted molar refractivity (Wildman–Crippen MR) is 92.9 cm³/mol. The van der Waals surface area contributed by atoms with Crippen molar-refractivity contribution in [2.24, 2.45) is 5.92 Å². The second-order valence-corrected chi connectivity index (χ2v) is 7.00. The Balaban J connectivity index is 2.07. The molecule has 0 aliphatic heterocycles. The van der Waals surface area contributed by atoms with Gasteiger partial charge in [-0.1, -0.05) is 6.92 Å². The number of anilines is 1. The van der Waals surface area contributed by atoms with Crippen LogP contribution in [0.3, 0.4) is 0 Å². The number of thiophene rings is 1. The third-order valence-electron chi connectivity index (χ3n) is 3.94. The molecule has 7 nitrogen and oxygen atoms in total. The van der Waals surface area contributed by atoms with E-state index in [0.717, 1.165) is 29.7 Å². The van der Waals surface area contributed by atoms with Crippen molar-refractivity contribution in [3.8, 4) is 0 Å². The van der Waals surface area contributed by atoms with Gasteiger partial charge in [0, 0.05) is 11.5 Å². The first-order valence-electron chi connectivity index (χ1n) is 8.22. The molecule has 1 aromatic rings. The molecule has 0 radical (unpaired) electrons. The Bertz CT molecular complexity index is 654. The summed E-state index contributed by atoms with van der Waals surface area (Å²) in [6.45, 7) is 3.70. The average Bonchev–Trinajstić information content (AvgIpc) is 2.94. The van der Waals surface area contributed by atoms with Gasteiger partial charge in [-0.05, 0) is 37.7 Å². The van der Waals surface area contributed by atoms with Crippen molar-refractivity contribution in [2.45, 2.75) is 33.1 Å². The van der Waals surface area contributed by atoms with Crippen LogP contribution >= 0.6 is 11.3 Å². The van der Waals surface area contributed by atoms with Gasteiger partial charge >= 0.3 is 11.9 Å². The minimum Gasteiger partial charge on any atom is -0.465 e. The molecule has 1 aliphatic rings. The molecule has 0 bridgehead atoms. The smallest absolute Gasteiger partial charge is 0.341 e. The number of nitrogens with one attached hydrogen (secondary N) is 1. The number of carbonyl (C=O) groups is 3. The minimum absolute atomic E-state index is 0.192. The summed E-state index contributed by atoms with van der Waals surface area (Å²) in [6, 6.07) is 0. The van der Waals surface area contributed by atoms with Crippen molar-refractivity contribution in [1.29, 1.82) is 0 Å². The van der Waals surface area contributed by atoms with Gasteiger partial charge in [0.25, 0.3) is 5.91 Å². The van der Waals surface area contributed by atoms with Crippen LogP contribution in [0.1, 0.15) is 41.1 Å². The average molecular weight is 369 g/mol. The molecular weight excluding hydrogens is 346 g/mol. The molecule has 0 spiro atoms.